The maximum absolute atomic E-state index is 6.59. The van der Waals surface area contributed by atoms with Gasteiger partial charge in [-0.15, -0.1) is 0 Å². The van der Waals surface area contributed by atoms with Gasteiger partial charge in [-0.05, 0) is 31.7 Å². The van der Waals surface area contributed by atoms with Gasteiger partial charge < -0.3 is 24.8 Å². The smallest absolute Gasteiger partial charge is 0.153 e. The van der Waals surface area contributed by atoms with Gasteiger partial charge in [0.15, 0.2) is 5.15 Å². The maximum atomic E-state index is 6.59. The second kappa shape index (κ2) is 11.6. The molecule has 0 amide bonds. The minimum Gasteiger partial charge on any atom is -0.494 e. The zero-order chi connectivity index (χ0) is 25.7. The molecule has 8 nitrogen and oxygen atoms in total. The van der Waals surface area contributed by atoms with Crippen LogP contribution in [0.2, 0.25) is 5.15 Å². The Labute approximate surface area is 216 Å². The van der Waals surface area contributed by atoms with Crippen molar-refractivity contribution in [2.45, 2.75) is 26.3 Å². The van der Waals surface area contributed by atoms with Crippen molar-refractivity contribution in [3.05, 3.63) is 71.3 Å². The first-order valence-corrected chi connectivity index (χ1v) is 12.3. The molecule has 1 saturated heterocycles. The average molecular weight is 509 g/mol. The Morgan fingerprint density at radius 2 is 1.78 bits per heavy atom. The number of fused-ring (bicyclic) bond motifs is 3. The van der Waals surface area contributed by atoms with Crippen LogP contribution in [-0.4, -0.2) is 46.9 Å². The summed E-state index contributed by atoms with van der Waals surface area (Å²) in [5, 5.41) is 2.81. The Hall–Kier alpha value is -3.33. The third kappa shape index (κ3) is 5.41. The second-order valence-corrected chi connectivity index (χ2v) is 9.25. The van der Waals surface area contributed by atoms with E-state index in [4.69, 9.17) is 37.6 Å². The minimum atomic E-state index is 0.430. The number of ether oxygens (including phenoxy) is 2. The van der Waals surface area contributed by atoms with Crippen LogP contribution in [0.4, 0.5) is 0 Å². The number of allylic oxidation sites excluding steroid dienone is 1. The van der Waals surface area contributed by atoms with Crippen molar-refractivity contribution in [3.8, 4) is 5.75 Å². The Balaban J connectivity index is 0.000000445. The van der Waals surface area contributed by atoms with E-state index < -0.39 is 0 Å². The van der Waals surface area contributed by atoms with E-state index >= 15 is 0 Å². The van der Waals surface area contributed by atoms with E-state index in [-0.39, 0.29) is 0 Å². The molecule has 5 rings (SSSR count). The third-order valence-electron chi connectivity index (χ3n) is 6.31. The molecule has 36 heavy (non-hydrogen) atoms. The third-order valence-corrected chi connectivity index (χ3v) is 6.58. The molecule has 1 fully saturated rings. The van der Waals surface area contributed by atoms with Crippen LogP contribution in [0.3, 0.4) is 0 Å². The predicted molar refractivity (Wildman–Crippen MR) is 145 cm³/mol. The number of rotatable bonds is 5. The first kappa shape index (κ1) is 25.8. The fourth-order valence-electron chi connectivity index (χ4n) is 4.66. The summed E-state index contributed by atoms with van der Waals surface area (Å²) in [6.45, 7) is 4.17. The molecular weight excluding hydrogens is 476 g/mol. The van der Waals surface area contributed by atoms with Crippen LogP contribution in [0.15, 0.2) is 60.6 Å². The molecule has 4 aromatic rings. The molecule has 0 spiro atoms. The highest BCUT2D eigenvalue weighted by Crippen LogP contribution is 2.39. The van der Waals surface area contributed by atoms with Gasteiger partial charge in [-0.25, -0.2) is 10.8 Å². The average Bonchev–Trinajstić information content (AvgIpc) is 3.20. The van der Waals surface area contributed by atoms with Gasteiger partial charge in [-0.1, -0.05) is 48.0 Å². The Bertz CT molecular complexity index is 1320. The molecule has 0 atom stereocenters. The van der Waals surface area contributed by atoms with Gasteiger partial charge >= 0.3 is 0 Å². The standard InChI is InChI=1S/C21H27ClN6O2.C6H6/c1-12(23)19(27(2)24)14-8-15-18(25-9-14)17-16(29-3)10-26-21(22)20(17)28(15)11-13-4-6-30-7-5-13;1-2-4-6-5-3-1/h8-10,13H,4-7,11,23-24H2,1-3H3;1-6H/b19-12-;. The van der Waals surface area contributed by atoms with Crippen molar-refractivity contribution in [1.29, 1.82) is 0 Å². The van der Waals surface area contributed by atoms with Gasteiger partial charge in [0.05, 0.1) is 40.9 Å². The SMILES string of the molecule is COc1cnc(Cl)c2c1c1ncc(/C(=C(\C)N)N(C)N)cc1n2CC1CCOCC1.c1ccccc1. The van der Waals surface area contributed by atoms with Gasteiger partial charge in [0.1, 0.15) is 5.75 Å². The van der Waals surface area contributed by atoms with Crippen LogP contribution in [0.25, 0.3) is 27.6 Å². The van der Waals surface area contributed by atoms with Crippen LogP contribution in [0.1, 0.15) is 25.3 Å². The number of nitrogens with zero attached hydrogens (tertiary/aromatic N) is 4. The minimum absolute atomic E-state index is 0.430. The predicted octanol–water partition coefficient (Wildman–Crippen LogP) is 4.81. The van der Waals surface area contributed by atoms with Crippen molar-refractivity contribution in [1.82, 2.24) is 19.5 Å². The highest BCUT2D eigenvalue weighted by Gasteiger charge is 2.24. The summed E-state index contributed by atoms with van der Waals surface area (Å²) in [5.74, 6) is 7.17. The van der Waals surface area contributed by atoms with Gasteiger partial charge in [-0.3, -0.25) is 4.98 Å². The summed E-state index contributed by atoms with van der Waals surface area (Å²) in [6.07, 6.45) is 5.43. The zero-order valence-corrected chi connectivity index (χ0v) is 21.7. The molecule has 190 valence electrons. The summed E-state index contributed by atoms with van der Waals surface area (Å²) in [5.41, 5.74) is 10.9. The van der Waals surface area contributed by atoms with E-state index in [1.807, 2.05) is 43.3 Å². The van der Waals surface area contributed by atoms with Crippen molar-refractivity contribution in [3.63, 3.8) is 0 Å². The number of benzene rings is 1. The summed E-state index contributed by atoms with van der Waals surface area (Å²) in [7, 11) is 3.39. The lowest BCUT2D eigenvalue weighted by molar-refractivity contribution is 0.0619. The Morgan fingerprint density at radius 1 is 1.14 bits per heavy atom. The van der Waals surface area contributed by atoms with Gasteiger partial charge in [0.25, 0.3) is 0 Å². The topological polar surface area (TPSA) is 104 Å². The highest BCUT2D eigenvalue weighted by atomic mass is 35.5. The zero-order valence-electron chi connectivity index (χ0n) is 20.9. The van der Waals surface area contributed by atoms with E-state index in [0.717, 1.165) is 65.8 Å². The summed E-state index contributed by atoms with van der Waals surface area (Å²) in [6, 6.07) is 14.1. The summed E-state index contributed by atoms with van der Waals surface area (Å²) in [4.78, 5) is 9.13. The van der Waals surface area contributed by atoms with E-state index in [9.17, 15) is 0 Å². The number of hydrogen-bond acceptors (Lipinski definition) is 7. The van der Waals surface area contributed by atoms with Crippen LogP contribution in [-0.2, 0) is 11.3 Å². The van der Waals surface area contributed by atoms with Crippen LogP contribution in [0, 0.1) is 5.92 Å². The molecular formula is C27H33ClN6O2. The molecule has 0 saturated carbocycles. The number of methoxy groups -OCH3 is 1. The largest absolute Gasteiger partial charge is 0.494 e. The number of hydrazine groups is 1. The molecule has 1 aliphatic rings. The van der Waals surface area contributed by atoms with E-state index in [2.05, 4.69) is 15.6 Å². The fraction of sp³-hybridized carbons (Fsp3) is 0.333. The van der Waals surface area contributed by atoms with Gasteiger partial charge in [-0.2, -0.15) is 0 Å². The normalized spacial score (nSPS) is 14.8. The monoisotopic (exact) mass is 508 g/mol. The molecule has 0 unspecified atom stereocenters. The lowest BCUT2D eigenvalue weighted by Crippen LogP contribution is -2.26. The lowest BCUT2D eigenvalue weighted by atomic mass is 10.0. The van der Waals surface area contributed by atoms with Crippen LogP contribution in [0.5, 0.6) is 5.75 Å². The number of halogens is 1. The van der Waals surface area contributed by atoms with E-state index in [1.165, 1.54) is 5.01 Å². The number of aromatic nitrogens is 3. The Kier molecular flexibility index (Phi) is 8.30. The van der Waals surface area contributed by atoms with E-state index in [0.29, 0.717) is 22.5 Å². The van der Waals surface area contributed by atoms with Crippen molar-refractivity contribution in [2.24, 2.45) is 17.5 Å². The van der Waals surface area contributed by atoms with Gasteiger partial charge in [0.2, 0.25) is 0 Å². The molecule has 0 bridgehead atoms. The number of pyridine rings is 2. The van der Waals surface area contributed by atoms with Crippen LogP contribution < -0.4 is 16.3 Å². The van der Waals surface area contributed by atoms with E-state index in [1.54, 1.807) is 26.6 Å². The summed E-state index contributed by atoms with van der Waals surface area (Å²) < 4.78 is 13.3. The van der Waals surface area contributed by atoms with Crippen molar-refractivity contribution in [2.75, 3.05) is 27.4 Å². The first-order valence-electron chi connectivity index (χ1n) is 12.0. The van der Waals surface area contributed by atoms with Crippen molar-refractivity contribution < 1.29 is 9.47 Å². The lowest BCUT2D eigenvalue weighted by Gasteiger charge is -2.23. The molecule has 3 aromatic heterocycles. The molecule has 4 N–H and O–H groups in total. The molecule has 1 aliphatic heterocycles. The highest BCUT2D eigenvalue weighted by molar-refractivity contribution is 6.35. The molecule has 1 aromatic carbocycles. The molecule has 4 heterocycles. The second-order valence-electron chi connectivity index (χ2n) is 8.90. The number of nitrogens with two attached hydrogens (primary N) is 2. The van der Waals surface area contributed by atoms with Crippen LogP contribution >= 0.6 is 11.6 Å². The summed E-state index contributed by atoms with van der Waals surface area (Å²) >= 11 is 6.59. The van der Waals surface area contributed by atoms with Gasteiger partial charge in [0, 0.05) is 44.3 Å². The quantitative estimate of drug-likeness (QED) is 0.226. The molecule has 0 aliphatic carbocycles. The number of hydrogen-bond donors (Lipinski definition) is 2. The first-order chi connectivity index (χ1) is 17.4. The molecule has 0 radical (unpaired) electrons. The maximum Gasteiger partial charge on any atom is 0.153 e. The molecule has 9 heteroatoms. The Morgan fingerprint density at radius 3 is 2.33 bits per heavy atom. The fourth-order valence-corrected chi connectivity index (χ4v) is 4.91. The van der Waals surface area contributed by atoms with Crippen molar-refractivity contribution >= 4 is 39.2 Å².